The Hall–Kier alpha value is -1.04. The summed E-state index contributed by atoms with van der Waals surface area (Å²) in [5.74, 6) is 0. The van der Waals surface area contributed by atoms with Gasteiger partial charge in [0, 0.05) is 0 Å². The van der Waals surface area contributed by atoms with Crippen LogP contribution in [0, 0.1) is 0 Å². The van der Waals surface area contributed by atoms with Gasteiger partial charge in [0.25, 0.3) is 0 Å². The topological polar surface area (TPSA) is 0 Å². The maximum atomic E-state index is 2.27. The smallest absolute Gasteiger partial charge is 0.0313 e. The second-order valence-electron chi connectivity index (χ2n) is 3.57. The molecular formula is C14H20. The lowest BCUT2D eigenvalue weighted by Crippen LogP contribution is -1.72. The van der Waals surface area contributed by atoms with Gasteiger partial charge >= 0.3 is 0 Å². The fourth-order valence-electron chi connectivity index (χ4n) is 1.42. The van der Waals surface area contributed by atoms with Crippen LogP contribution in [0.4, 0.5) is 0 Å². The maximum Gasteiger partial charge on any atom is -0.0313 e. The highest BCUT2D eigenvalue weighted by Crippen LogP contribution is 2.03. The van der Waals surface area contributed by atoms with Crippen LogP contribution in [0.3, 0.4) is 0 Å². The zero-order chi connectivity index (χ0) is 9.90. The molecule has 0 aliphatic heterocycles. The average Bonchev–Trinajstić information content (AvgIpc) is 2.22. The molecule has 0 unspecified atom stereocenters. The molecule has 0 aromatic rings. The summed E-state index contributed by atoms with van der Waals surface area (Å²) in [5, 5.41) is 0. The van der Waals surface area contributed by atoms with E-state index in [1.807, 2.05) is 0 Å². The second-order valence-corrected chi connectivity index (χ2v) is 3.57. The quantitative estimate of drug-likeness (QED) is 0.522. The number of rotatable bonds is 0. The van der Waals surface area contributed by atoms with E-state index in [1.165, 1.54) is 25.7 Å². The molecule has 76 valence electrons. The molecule has 0 heteroatoms. The SMILES string of the molecule is C1=C\CCCC/C=C/C=C/CC/C=C/1. The molecule has 0 atom stereocenters. The molecule has 14 heavy (non-hydrogen) atoms. The van der Waals surface area contributed by atoms with Crippen LogP contribution in [0.25, 0.3) is 0 Å². The lowest BCUT2D eigenvalue weighted by atomic mass is 10.1. The van der Waals surface area contributed by atoms with Gasteiger partial charge in [0.1, 0.15) is 0 Å². The van der Waals surface area contributed by atoms with E-state index in [0.717, 1.165) is 12.8 Å². The van der Waals surface area contributed by atoms with E-state index < -0.39 is 0 Å². The normalized spacial score (nSPS) is 28.6. The minimum atomic E-state index is 1.15. The first-order valence-corrected chi connectivity index (χ1v) is 5.63. The highest BCUT2D eigenvalue weighted by atomic mass is 13.9. The molecule has 0 spiro atoms. The van der Waals surface area contributed by atoms with Crippen molar-refractivity contribution in [2.75, 3.05) is 0 Å². The molecule has 1 aliphatic carbocycles. The van der Waals surface area contributed by atoms with Crippen molar-refractivity contribution in [1.29, 1.82) is 0 Å². The van der Waals surface area contributed by atoms with Gasteiger partial charge in [-0.05, 0) is 38.5 Å². The molecule has 0 aromatic heterocycles. The Morgan fingerprint density at radius 2 is 0.786 bits per heavy atom. The van der Waals surface area contributed by atoms with Crippen molar-refractivity contribution in [2.45, 2.75) is 38.5 Å². The summed E-state index contributed by atoms with van der Waals surface area (Å²) in [6.07, 6.45) is 25.0. The molecule has 1 aliphatic rings. The lowest BCUT2D eigenvalue weighted by molar-refractivity contribution is 0.762. The van der Waals surface area contributed by atoms with Crippen LogP contribution in [0.15, 0.2) is 48.6 Å². The zero-order valence-electron chi connectivity index (χ0n) is 8.86. The van der Waals surface area contributed by atoms with Crippen LogP contribution in [-0.2, 0) is 0 Å². The van der Waals surface area contributed by atoms with E-state index in [0.29, 0.717) is 0 Å². The average molecular weight is 188 g/mol. The van der Waals surface area contributed by atoms with Gasteiger partial charge in [0.2, 0.25) is 0 Å². The highest BCUT2D eigenvalue weighted by molar-refractivity contribution is 5.05. The Labute approximate surface area is 87.7 Å². The monoisotopic (exact) mass is 188 g/mol. The Morgan fingerprint density at radius 1 is 0.429 bits per heavy atom. The van der Waals surface area contributed by atoms with Gasteiger partial charge in [-0.25, -0.2) is 0 Å². The second kappa shape index (κ2) is 8.55. The van der Waals surface area contributed by atoms with Crippen LogP contribution < -0.4 is 0 Å². The van der Waals surface area contributed by atoms with E-state index in [4.69, 9.17) is 0 Å². The predicted molar refractivity (Wildman–Crippen MR) is 64.3 cm³/mol. The van der Waals surface area contributed by atoms with E-state index in [-0.39, 0.29) is 0 Å². The van der Waals surface area contributed by atoms with Gasteiger partial charge in [-0.3, -0.25) is 0 Å². The first kappa shape index (κ1) is 11.0. The van der Waals surface area contributed by atoms with Crippen molar-refractivity contribution < 1.29 is 0 Å². The van der Waals surface area contributed by atoms with Crippen LogP contribution >= 0.6 is 0 Å². The van der Waals surface area contributed by atoms with Gasteiger partial charge in [-0.1, -0.05) is 48.6 Å². The largest absolute Gasteiger partial charge is 0.0845 e. The van der Waals surface area contributed by atoms with Crippen LogP contribution in [0.5, 0.6) is 0 Å². The summed E-state index contributed by atoms with van der Waals surface area (Å²) in [4.78, 5) is 0. The minimum absolute atomic E-state index is 1.15. The molecule has 0 N–H and O–H groups in total. The van der Waals surface area contributed by atoms with E-state index >= 15 is 0 Å². The van der Waals surface area contributed by atoms with E-state index in [1.54, 1.807) is 0 Å². The third-order valence-corrected chi connectivity index (χ3v) is 2.26. The maximum absolute atomic E-state index is 2.27. The van der Waals surface area contributed by atoms with Crippen LogP contribution in [0.2, 0.25) is 0 Å². The molecule has 0 nitrogen and oxygen atoms in total. The number of hydrogen-bond donors (Lipinski definition) is 0. The van der Waals surface area contributed by atoms with E-state index in [9.17, 15) is 0 Å². The summed E-state index contributed by atoms with van der Waals surface area (Å²) in [5.41, 5.74) is 0. The van der Waals surface area contributed by atoms with Gasteiger partial charge < -0.3 is 0 Å². The summed E-state index contributed by atoms with van der Waals surface area (Å²) in [6, 6.07) is 0. The van der Waals surface area contributed by atoms with Crippen molar-refractivity contribution >= 4 is 0 Å². The molecule has 0 amide bonds. The molecule has 0 aromatic carbocycles. The van der Waals surface area contributed by atoms with E-state index in [2.05, 4.69) is 48.6 Å². The van der Waals surface area contributed by atoms with Crippen LogP contribution in [-0.4, -0.2) is 0 Å². The molecule has 0 fully saturated rings. The Morgan fingerprint density at radius 3 is 1.21 bits per heavy atom. The number of hydrogen-bond acceptors (Lipinski definition) is 0. The molecule has 0 heterocycles. The first-order valence-electron chi connectivity index (χ1n) is 5.63. The summed E-state index contributed by atoms with van der Waals surface area (Å²) >= 11 is 0. The van der Waals surface area contributed by atoms with Gasteiger partial charge in [0.15, 0.2) is 0 Å². The molecule has 0 radical (unpaired) electrons. The van der Waals surface area contributed by atoms with Gasteiger partial charge in [0.05, 0.1) is 0 Å². The predicted octanol–water partition coefficient (Wildman–Crippen LogP) is 4.57. The van der Waals surface area contributed by atoms with Crippen molar-refractivity contribution in [3.8, 4) is 0 Å². The molecular weight excluding hydrogens is 168 g/mol. The molecule has 0 bridgehead atoms. The summed E-state index contributed by atoms with van der Waals surface area (Å²) in [7, 11) is 0. The lowest BCUT2D eigenvalue weighted by Gasteiger charge is -1.92. The zero-order valence-corrected chi connectivity index (χ0v) is 8.86. The Kier molecular flexibility index (Phi) is 6.74. The minimum Gasteiger partial charge on any atom is -0.0845 e. The van der Waals surface area contributed by atoms with Crippen molar-refractivity contribution in [3.63, 3.8) is 0 Å². The highest BCUT2D eigenvalue weighted by Gasteiger charge is 1.83. The third-order valence-electron chi connectivity index (χ3n) is 2.26. The molecule has 1 rings (SSSR count). The Bertz CT molecular complexity index is 202. The third kappa shape index (κ3) is 6.47. The van der Waals surface area contributed by atoms with Crippen LogP contribution in [0.1, 0.15) is 38.5 Å². The molecule has 0 saturated carbocycles. The first-order chi connectivity index (χ1) is 7.00. The van der Waals surface area contributed by atoms with Gasteiger partial charge in [-0.2, -0.15) is 0 Å². The van der Waals surface area contributed by atoms with Crippen molar-refractivity contribution in [1.82, 2.24) is 0 Å². The van der Waals surface area contributed by atoms with Crippen molar-refractivity contribution in [3.05, 3.63) is 48.6 Å². The standard InChI is InChI=1S/C14H20/c1-2-4-6-8-10-12-14-13-11-9-7-5-3-1/h1-4,9,11,13-14H,5-8,10,12H2/b3-1+,4-2-,11-9+,14-13+. The fourth-order valence-corrected chi connectivity index (χ4v) is 1.42. The summed E-state index contributed by atoms with van der Waals surface area (Å²) < 4.78 is 0. The number of allylic oxidation sites excluding steroid dienone is 8. The Balaban J connectivity index is 2.34. The van der Waals surface area contributed by atoms with Gasteiger partial charge in [-0.15, -0.1) is 0 Å². The summed E-state index contributed by atoms with van der Waals surface area (Å²) in [6.45, 7) is 0. The molecule has 0 saturated heterocycles. The van der Waals surface area contributed by atoms with Crippen molar-refractivity contribution in [2.24, 2.45) is 0 Å². The fraction of sp³-hybridized carbons (Fsp3) is 0.429.